The van der Waals surface area contributed by atoms with Crippen molar-refractivity contribution in [2.75, 3.05) is 0 Å². The van der Waals surface area contributed by atoms with Crippen LogP contribution in [0.5, 0.6) is 0 Å². The molecule has 8 heteroatoms. The molecule has 2 aliphatic carbocycles. The maximum absolute atomic E-state index is 13.0. The van der Waals surface area contributed by atoms with E-state index in [-0.39, 0.29) is 34.5 Å². The van der Waals surface area contributed by atoms with E-state index < -0.39 is 11.7 Å². The van der Waals surface area contributed by atoms with E-state index in [4.69, 9.17) is 11.6 Å². The standard InChI is InChI=1S/C24H22ClF3N2O2/c25-21-11-3-15(13-20(21)24(26,27)28)4-12-22(31)30(19-9-10-19)14-16-1-5-17(6-2-16)23(32)29-18-7-8-18/h1-6,11-13,18-19H,7-10,14H2,(H,29,32)/b12-4+. The zero-order chi connectivity index (χ0) is 22.9. The van der Waals surface area contributed by atoms with Crippen LogP contribution < -0.4 is 5.32 Å². The normalized spacial score (nSPS) is 16.2. The van der Waals surface area contributed by atoms with Crippen molar-refractivity contribution in [1.29, 1.82) is 0 Å². The molecule has 2 saturated carbocycles. The highest BCUT2D eigenvalue weighted by atomic mass is 35.5. The summed E-state index contributed by atoms with van der Waals surface area (Å²) in [6.07, 6.45) is 1.91. The van der Waals surface area contributed by atoms with Crippen LogP contribution >= 0.6 is 11.6 Å². The zero-order valence-corrected chi connectivity index (χ0v) is 17.9. The third-order valence-corrected chi connectivity index (χ3v) is 5.80. The summed E-state index contributed by atoms with van der Waals surface area (Å²) in [4.78, 5) is 26.6. The second-order valence-corrected chi connectivity index (χ2v) is 8.62. The molecular formula is C24H22ClF3N2O2. The quantitative estimate of drug-likeness (QED) is 0.556. The first-order valence-corrected chi connectivity index (χ1v) is 10.8. The number of carbonyl (C=O) groups is 2. The van der Waals surface area contributed by atoms with E-state index in [2.05, 4.69) is 5.32 Å². The molecule has 0 bridgehead atoms. The van der Waals surface area contributed by atoms with E-state index in [1.807, 2.05) is 12.1 Å². The molecular weight excluding hydrogens is 441 g/mol. The van der Waals surface area contributed by atoms with E-state index in [0.29, 0.717) is 12.1 Å². The summed E-state index contributed by atoms with van der Waals surface area (Å²) in [5.41, 5.74) is 0.774. The number of hydrogen-bond donors (Lipinski definition) is 1. The Morgan fingerprint density at radius 3 is 2.34 bits per heavy atom. The third kappa shape index (κ3) is 5.71. The minimum Gasteiger partial charge on any atom is -0.349 e. The van der Waals surface area contributed by atoms with Crippen molar-refractivity contribution in [3.8, 4) is 0 Å². The SMILES string of the molecule is O=C(NC1CC1)c1ccc(CN(C(=O)/C=C/c2ccc(Cl)c(C(F)(F)F)c2)C2CC2)cc1. The van der Waals surface area contributed by atoms with Gasteiger partial charge in [-0.15, -0.1) is 0 Å². The Hall–Kier alpha value is -2.80. The number of halogens is 4. The van der Waals surface area contributed by atoms with Gasteiger partial charge >= 0.3 is 6.18 Å². The number of nitrogens with zero attached hydrogens (tertiary/aromatic N) is 1. The second-order valence-electron chi connectivity index (χ2n) is 8.21. The van der Waals surface area contributed by atoms with Crippen molar-refractivity contribution in [2.24, 2.45) is 0 Å². The largest absolute Gasteiger partial charge is 0.417 e. The van der Waals surface area contributed by atoms with Crippen molar-refractivity contribution in [3.63, 3.8) is 0 Å². The van der Waals surface area contributed by atoms with Crippen LogP contribution in [0.1, 0.15) is 52.7 Å². The maximum Gasteiger partial charge on any atom is 0.417 e. The summed E-state index contributed by atoms with van der Waals surface area (Å²) in [6.45, 7) is 0.368. The fourth-order valence-electron chi connectivity index (χ4n) is 3.35. The molecule has 0 heterocycles. The van der Waals surface area contributed by atoms with Gasteiger partial charge in [-0.25, -0.2) is 0 Å². The molecule has 0 aliphatic heterocycles. The molecule has 1 N–H and O–H groups in total. The predicted molar refractivity (Wildman–Crippen MR) is 116 cm³/mol. The number of amides is 2. The number of alkyl halides is 3. The molecule has 2 amide bonds. The monoisotopic (exact) mass is 462 g/mol. The van der Waals surface area contributed by atoms with Crippen LogP contribution in [0.4, 0.5) is 13.2 Å². The molecule has 2 fully saturated rings. The Morgan fingerprint density at radius 2 is 1.75 bits per heavy atom. The number of benzene rings is 2. The second kappa shape index (κ2) is 8.98. The van der Waals surface area contributed by atoms with Crippen LogP contribution in [0.2, 0.25) is 5.02 Å². The Balaban J connectivity index is 1.43. The first kappa shape index (κ1) is 22.4. The zero-order valence-electron chi connectivity index (χ0n) is 17.2. The molecule has 0 atom stereocenters. The van der Waals surface area contributed by atoms with Gasteiger partial charge in [-0.1, -0.05) is 29.8 Å². The van der Waals surface area contributed by atoms with Gasteiger partial charge in [0.2, 0.25) is 5.91 Å². The van der Waals surface area contributed by atoms with Crippen LogP contribution in [0.25, 0.3) is 6.08 Å². The molecule has 2 aromatic rings. The van der Waals surface area contributed by atoms with Gasteiger partial charge < -0.3 is 10.2 Å². The lowest BCUT2D eigenvalue weighted by Crippen LogP contribution is -2.31. The average molecular weight is 463 g/mol. The Morgan fingerprint density at radius 1 is 1.06 bits per heavy atom. The Bertz CT molecular complexity index is 1040. The molecule has 0 radical (unpaired) electrons. The highest BCUT2D eigenvalue weighted by molar-refractivity contribution is 6.31. The molecule has 0 unspecified atom stereocenters. The summed E-state index contributed by atoms with van der Waals surface area (Å²) in [7, 11) is 0. The van der Waals surface area contributed by atoms with Crippen molar-refractivity contribution in [2.45, 2.75) is 50.5 Å². The lowest BCUT2D eigenvalue weighted by molar-refractivity contribution is -0.137. The number of rotatable bonds is 7. The van der Waals surface area contributed by atoms with E-state index in [1.165, 1.54) is 24.3 Å². The van der Waals surface area contributed by atoms with Crippen LogP contribution in [0.3, 0.4) is 0 Å². The molecule has 4 nitrogen and oxygen atoms in total. The number of carbonyl (C=O) groups excluding carboxylic acids is 2. The summed E-state index contributed by atoms with van der Waals surface area (Å²) in [5.74, 6) is -0.370. The van der Waals surface area contributed by atoms with Crippen LogP contribution in [-0.4, -0.2) is 28.8 Å². The van der Waals surface area contributed by atoms with Gasteiger partial charge in [0, 0.05) is 30.3 Å². The summed E-state index contributed by atoms with van der Waals surface area (Å²) < 4.78 is 39.1. The Labute approximate surface area is 189 Å². The molecule has 0 aromatic heterocycles. The summed E-state index contributed by atoms with van der Waals surface area (Å²) in [6, 6.07) is 11.1. The van der Waals surface area contributed by atoms with E-state index in [0.717, 1.165) is 37.3 Å². The van der Waals surface area contributed by atoms with Gasteiger partial charge in [-0.2, -0.15) is 13.2 Å². The average Bonchev–Trinajstić information content (AvgIpc) is 3.66. The van der Waals surface area contributed by atoms with Crippen molar-refractivity contribution < 1.29 is 22.8 Å². The third-order valence-electron chi connectivity index (χ3n) is 5.47. The van der Waals surface area contributed by atoms with Crippen molar-refractivity contribution in [1.82, 2.24) is 10.2 Å². The predicted octanol–water partition coefficient (Wildman–Crippen LogP) is 5.46. The van der Waals surface area contributed by atoms with Crippen LogP contribution in [0, 0.1) is 0 Å². The minimum atomic E-state index is -4.56. The molecule has 4 rings (SSSR count). The van der Waals surface area contributed by atoms with E-state index in [9.17, 15) is 22.8 Å². The van der Waals surface area contributed by atoms with Gasteiger partial charge in [-0.3, -0.25) is 9.59 Å². The summed E-state index contributed by atoms with van der Waals surface area (Å²) in [5, 5.41) is 2.55. The fraction of sp³-hybridized carbons (Fsp3) is 0.333. The van der Waals surface area contributed by atoms with Crippen LogP contribution in [-0.2, 0) is 17.5 Å². The van der Waals surface area contributed by atoms with Crippen molar-refractivity contribution in [3.05, 3.63) is 75.8 Å². The Kier molecular flexibility index (Phi) is 6.29. The smallest absolute Gasteiger partial charge is 0.349 e. The molecule has 32 heavy (non-hydrogen) atoms. The highest BCUT2D eigenvalue weighted by Crippen LogP contribution is 2.35. The lowest BCUT2D eigenvalue weighted by atomic mass is 10.1. The maximum atomic E-state index is 13.0. The van der Waals surface area contributed by atoms with Crippen LogP contribution in [0.15, 0.2) is 48.5 Å². The van der Waals surface area contributed by atoms with Gasteiger partial charge in [0.05, 0.1) is 10.6 Å². The first-order valence-electron chi connectivity index (χ1n) is 10.5. The molecule has 2 aromatic carbocycles. The van der Waals surface area contributed by atoms with Crippen molar-refractivity contribution >= 4 is 29.5 Å². The van der Waals surface area contributed by atoms with E-state index in [1.54, 1.807) is 17.0 Å². The lowest BCUT2D eigenvalue weighted by Gasteiger charge is -2.21. The number of nitrogens with one attached hydrogen (secondary N) is 1. The fourth-order valence-corrected chi connectivity index (χ4v) is 3.58. The van der Waals surface area contributed by atoms with Gasteiger partial charge in [0.1, 0.15) is 0 Å². The topological polar surface area (TPSA) is 49.4 Å². The molecule has 0 spiro atoms. The van der Waals surface area contributed by atoms with Gasteiger partial charge in [0.15, 0.2) is 0 Å². The first-order chi connectivity index (χ1) is 15.2. The molecule has 168 valence electrons. The molecule has 2 aliphatic rings. The van der Waals surface area contributed by atoms with E-state index >= 15 is 0 Å². The minimum absolute atomic E-state index is 0.0988. The summed E-state index contributed by atoms with van der Waals surface area (Å²) >= 11 is 5.65. The van der Waals surface area contributed by atoms with Gasteiger partial charge in [-0.05, 0) is 67.2 Å². The number of hydrogen-bond acceptors (Lipinski definition) is 2. The highest BCUT2D eigenvalue weighted by Gasteiger charge is 2.34. The molecule has 0 saturated heterocycles. The van der Waals surface area contributed by atoms with Gasteiger partial charge in [0.25, 0.3) is 5.91 Å².